The number of ether oxygens (including phenoxy) is 1. The van der Waals surface area contributed by atoms with E-state index >= 15 is 0 Å². The standard InChI is InChI=1S/C26H37N5O5S/c1-19(2)29-25(33)31-11-8-26(9-12-31)17-30(3)16-22(32)15-28-37(34,35)24-7-6-20(13-23(24)36-18-26)21-5-4-10-27-14-21/h4-7,10,13-14,19,22,28,32H,8-9,11-12,15-18H2,1-3H3,(H,29,33). The van der Waals surface area contributed by atoms with Crippen LogP contribution in [0.2, 0.25) is 0 Å². The summed E-state index contributed by atoms with van der Waals surface area (Å²) >= 11 is 0. The van der Waals surface area contributed by atoms with Gasteiger partial charge in [0.15, 0.2) is 0 Å². The highest BCUT2D eigenvalue weighted by Gasteiger charge is 2.39. The minimum atomic E-state index is -3.92. The molecule has 1 unspecified atom stereocenters. The van der Waals surface area contributed by atoms with Crippen molar-refractivity contribution in [2.24, 2.45) is 5.41 Å². The van der Waals surface area contributed by atoms with Gasteiger partial charge in [-0.05, 0) is 57.5 Å². The molecule has 1 saturated heterocycles. The van der Waals surface area contributed by atoms with Gasteiger partial charge in [0.1, 0.15) is 10.6 Å². The van der Waals surface area contributed by atoms with E-state index < -0.39 is 16.1 Å². The lowest BCUT2D eigenvalue weighted by Gasteiger charge is -2.44. The molecule has 37 heavy (non-hydrogen) atoms. The zero-order chi connectivity index (χ0) is 26.6. The van der Waals surface area contributed by atoms with Crippen LogP contribution in [-0.4, -0.2) is 92.9 Å². The summed E-state index contributed by atoms with van der Waals surface area (Å²) in [6.07, 6.45) is 3.92. The molecular weight excluding hydrogens is 494 g/mol. The predicted octanol–water partition coefficient (Wildman–Crippen LogP) is 1.91. The molecule has 2 aliphatic heterocycles. The third-order valence-electron chi connectivity index (χ3n) is 6.92. The topological polar surface area (TPSA) is 124 Å². The summed E-state index contributed by atoms with van der Waals surface area (Å²) in [7, 11) is -2.01. The van der Waals surface area contributed by atoms with E-state index in [1.54, 1.807) is 24.5 Å². The number of aromatic nitrogens is 1. The van der Waals surface area contributed by atoms with Crippen LogP contribution in [0.1, 0.15) is 26.7 Å². The number of hydrogen-bond donors (Lipinski definition) is 3. The minimum absolute atomic E-state index is 0.0326. The Morgan fingerprint density at radius 1 is 1.24 bits per heavy atom. The SMILES string of the molecule is CC(C)NC(=O)N1CCC2(CC1)COc1cc(-c3cccnc3)ccc1S(=O)(=O)NCC(O)CN(C)C2. The predicted molar refractivity (Wildman–Crippen MR) is 141 cm³/mol. The van der Waals surface area contributed by atoms with Crippen LogP contribution in [0.5, 0.6) is 5.75 Å². The smallest absolute Gasteiger partial charge is 0.317 e. The van der Waals surface area contributed by atoms with Crippen LogP contribution in [0.3, 0.4) is 0 Å². The van der Waals surface area contributed by atoms with Gasteiger partial charge >= 0.3 is 6.03 Å². The summed E-state index contributed by atoms with van der Waals surface area (Å²) in [5.41, 5.74) is 1.32. The minimum Gasteiger partial charge on any atom is -0.492 e. The van der Waals surface area contributed by atoms with Gasteiger partial charge in [-0.3, -0.25) is 4.98 Å². The summed E-state index contributed by atoms with van der Waals surface area (Å²) < 4.78 is 35.2. The zero-order valence-electron chi connectivity index (χ0n) is 21.7. The number of hydrogen-bond acceptors (Lipinski definition) is 7. The van der Waals surface area contributed by atoms with Crippen molar-refractivity contribution in [1.82, 2.24) is 24.8 Å². The third-order valence-corrected chi connectivity index (χ3v) is 8.39. The number of rotatable bonds is 2. The first-order valence-electron chi connectivity index (χ1n) is 12.7. The maximum Gasteiger partial charge on any atom is 0.317 e. The Morgan fingerprint density at radius 3 is 2.68 bits per heavy atom. The maximum absolute atomic E-state index is 13.2. The van der Waals surface area contributed by atoms with E-state index in [4.69, 9.17) is 4.74 Å². The summed E-state index contributed by atoms with van der Waals surface area (Å²) in [6.45, 7) is 6.15. The van der Waals surface area contributed by atoms with Crippen LogP contribution >= 0.6 is 0 Å². The average molecular weight is 532 g/mol. The Hall–Kier alpha value is -2.73. The largest absolute Gasteiger partial charge is 0.492 e. The van der Waals surface area contributed by atoms with Crippen molar-refractivity contribution in [3.63, 3.8) is 0 Å². The second-order valence-electron chi connectivity index (χ2n) is 10.5. The van der Waals surface area contributed by atoms with Gasteiger partial charge in [-0.15, -0.1) is 0 Å². The van der Waals surface area contributed by atoms with E-state index in [0.29, 0.717) is 39.0 Å². The first-order valence-corrected chi connectivity index (χ1v) is 14.1. The number of likely N-dealkylation sites (N-methyl/N-ethyl adjacent to an activating group) is 1. The molecule has 2 amide bonds. The van der Waals surface area contributed by atoms with Crippen LogP contribution < -0.4 is 14.8 Å². The van der Waals surface area contributed by atoms with Crippen LogP contribution in [-0.2, 0) is 10.0 Å². The first-order chi connectivity index (χ1) is 17.6. The number of nitrogens with one attached hydrogen (secondary N) is 2. The molecule has 0 saturated carbocycles. The number of fused-ring (bicyclic) bond motifs is 1. The van der Waals surface area contributed by atoms with Gasteiger partial charge in [0.2, 0.25) is 10.0 Å². The van der Waals surface area contributed by atoms with Gasteiger partial charge < -0.3 is 25.0 Å². The number of sulfonamides is 1. The average Bonchev–Trinajstić information content (AvgIpc) is 2.86. The molecule has 1 fully saturated rings. The van der Waals surface area contributed by atoms with Gasteiger partial charge in [-0.25, -0.2) is 17.9 Å². The normalized spacial score (nSPS) is 22.4. The second kappa shape index (κ2) is 11.3. The van der Waals surface area contributed by atoms with Crippen molar-refractivity contribution in [2.45, 2.75) is 43.7 Å². The fourth-order valence-corrected chi connectivity index (χ4v) is 6.20. The van der Waals surface area contributed by atoms with Crippen LogP contribution in [0.15, 0.2) is 47.6 Å². The number of carbonyl (C=O) groups is 1. The molecule has 0 radical (unpaired) electrons. The number of piperidine rings is 1. The number of benzene rings is 1. The lowest BCUT2D eigenvalue weighted by Crippen LogP contribution is -2.53. The van der Waals surface area contributed by atoms with Gasteiger partial charge in [0.25, 0.3) is 0 Å². The molecule has 3 heterocycles. The third kappa shape index (κ3) is 6.78. The van der Waals surface area contributed by atoms with Crippen LogP contribution in [0.4, 0.5) is 4.79 Å². The Bertz CT molecular complexity index is 1180. The Labute approximate surface area is 219 Å². The summed E-state index contributed by atoms with van der Waals surface area (Å²) in [5.74, 6) is 0.255. The van der Waals surface area contributed by atoms with E-state index in [0.717, 1.165) is 11.1 Å². The molecule has 1 aromatic heterocycles. The molecule has 202 valence electrons. The van der Waals surface area contributed by atoms with E-state index in [1.807, 2.05) is 42.8 Å². The molecule has 4 rings (SSSR count). The lowest BCUT2D eigenvalue weighted by atomic mass is 9.78. The molecule has 0 bridgehead atoms. The number of nitrogens with zero attached hydrogens (tertiary/aromatic N) is 3. The molecule has 2 aromatic rings. The molecule has 1 atom stereocenters. The molecule has 1 aromatic carbocycles. The Balaban J connectivity index is 1.65. The van der Waals surface area contributed by atoms with Crippen LogP contribution in [0.25, 0.3) is 11.1 Å². The number of pyridine rings is 1. The van der Waals surface area contributed by atoms with E-state index in [9.17, 15) is 18.3 Å². The van der Waals surface area contributed by atoms with Gasteiger partial charge in [-0.1, -0.05) is 12.1 Å². The molecular formula is C26H37N5O5S. The lowest BCUT2D eigenvalue weighted by molar-refractivity contribution is 0.0241. The molecule has 10 nitrogen and oxygen atoms in total. The van der Waals surface area contributed by atoms with Gasteiger partial charge in [-0.2, -0.15) is 0 Å². The Morgan fingerprint density at radius 2 is 2.00 bits per heavy atom. The van der Waals surface area contributed by atoms with E-state index in [-0.39, 0.29) is 41.3 Å². The van der Waals surface area contributed by atoms with Crippen molar-refractivity contribution >= 4 is 16.1 Å². The number of aliphatic hydroxyl groups excluding tert-OH is 1. The van der Waals surface area contributed by atoms with E-state index in [1.165, 1.54) is 6.07 Å². The monoisotopic (exact) mass is 531 g/mol. The molecule has 2 aliphatic rings. The Kier molecular flexibility index (Phi) is 8.37. The highest BCUT2D eigenvalue weighted by Crippen LogP contribution is 2.36. The second-order valence-corrected chi connectivity index (χ2v) is 12.2. The number of β-amino-alcohol motifs (C(OH)–C–C–N with tert-alkyl or cyclic N) is 1. The number of aliphatic hydroxyl groups is 1. The van der Waals surface area contributed by atoms with Crippen molar-refractivity contribution < 1.29 is 23.1 Å². The summed E-state index contributed by atoms with van der Waals surface area (Å²) in [6, 6.07) is 8.71. The number of likely N-dealkylation sites (tertiary alicyclic amines) is 1. The fourth-order valence-electron chi connectivity index (χ4n) is 5.00. The van der Waals surface area contributed by atoms with Crippen molar-refractivity contribution in [2.75, 3.05) is 46.4 Å². The van der Waals surface area contributed by atoms with Crippen molar-refractivity contribution in [3.05, 3.63) is 42.7 Å². The molecule has 3 N–H and O–H groups in total. The maximum atomic E-state index is 13.2. The highest BCUT2D eigenvalue weighted by molar-refractivity contribution is 7.89. The molecule has 1 spiro atoms. The van der Waals surface area contributed by atoms with Crippen molar-refractivity contribution in [3.8, 4) is 16.9 Å². The number of amides is 2. The summed E-state index contributed by atoms with van der Waals surface area (Å²) in [5, 5.41) is 13.5. The van der Waals surface area contributed by atoms with Gasteiger partial charge in [0.05, 0.1) is 12.7 Å². The molecule has 0 aliphatic carbocycles. The number of carbonyl (C=O) groups excluding carboxylic acids is 1. The fraction of sp³-hybridized carbons (Fsp3) is 0.538. The first kappa shape index (κ1) is 27.3. The highest BCUT2D eigenvalue weighted by atomic mass is 32.2. The van der Waals surface area contributed by atoms with Crippen molar-refractivity contribution in [1.29, 1.82) is 0 Å². The van der Waals surface area contributed by atoms with Gasteiger partial charge in [0, 0.05) is 62.1 Å². The zero-order valence-corrected chi connectivity index (χ0v) is 22.5. The quantitative estimate of drug-likeness (QED) is 0.541. The molecule has 11 heteroatoms. The van der Waals surface area contributed by atoms with Crippen LogP contribution in [0, 0.1) is 5.41 Å². The van der Waals surface area contributed by atoms with E-state index in [2.05, 4.69) is 15.0 Å². The summed E-state index contributed by atoms with van der Waals surface area (Å²) in [4.78, 5) is 20.6. The number of urea groups is 1.